The van der Waals surface area contributed by atoms with Crippen molar-refractivity contribution in [2.24, 2.45) is 5.73 Å². The van der Waals surface area contributed by atoms with Crippen LogP contribution in [0.1, 0.15) is 66.3 Å². The first-order valence-electron chi connectivity index (χ1n) is 11.7. The third-order valence-electron chi connectivity index (χ3n) is 6.62. The Bertz CT molecular complexity index is 1130. The summed E-state index contributed by atoms with van der Waals surface area (Å²) in [7, 11) is 0. The molecule has 2 aromatic rings. The highest BCUT2D eigenvalue weighted by Crippen LogP contribution is 2.49. The number of hydrogen-bond donors (Lipinski definition) is 1. The van der Waals surface area contributed by atoms with Gasteiger partial charge in [-0.3, -0.25) is 4.90 Å². The van der Waals surface area contributed by atoms with Gasteiger partial charge in [0.05, 0.1) is 29.0 Å². The molecule has 210 valence electrons. The first-order valence-corrected chi connectivity index (χ1v) is 11.7. The first-order chi connectivity index (χ1) is 17.5. The number of carbonyl (C=O) groups is 1. The lowest BCUT2D eigenvalue weighted by Crippen LogP contribution is -2.46. The fraction of sp³-hybridized carbons (Fsp3) is 0.480. The van der Waals surface area contributed by atoms with Crippen molar-refractivity contribution in [2.75, 3.05) is 18.1 Å². The molecule has 3 atom stereocenters. The number of hydrogen-bond acceptors (Lipinski definition) is 3. The van der Waals surface area contributed by atoms with E-state index in [-0.39, 0.29) is 36.8 Å². The zero-order valence-corrected chi connectivity index (χ0v) is 20.3. The van der Waals surface area contributed by atoms with Crippen LogP contribution in [0.4, 0.5) is 50.0 Å². The average molecular weight is 556 g/mol. The standard InChI is InChI=1S/C25H25F9N2O2/c1-3-17-11-18(19-10-14(23(26,27)28)5-6-21(19)36(17)22(37)38-4-2)20(12-35)13-7-15(24(29,30)31)9-16(8-13)25(32,33)34/h5-10,17-18,20H,3-4,11-12,35H2,1-2H3/t17-,18-,20+/m1/s1. The number of ether oxygens (including phenoxy) is 1. The fourth-order valence-electron chi connectivity index (χ4n) is 4.87. The number of rotatable bonds is 5. The molecular formula is C25H25F9N2O2. The lowest BCUT2D eigenvalue weighted by Gasteiger charge is -2.43. The minimum absolute atomic E-state index is 0.0228. The van der Waals surface area contributed by atoms with Crippen LogP contribution in [0.25, 0.3) is 0 Å². The van der Waals surface area contributed by atoms with Crippen LogP contribution in [0.3, 0.4) is 0 Å². The van der Waals surface area contributed by atoms with E-state index >= 15 is 0 Å². The van der Waals surface area contributed by atoms with Gasteiger partial charge in [-0.05, 0) is 79.8 Å². The van der Waals surface area contributed by atoms with Gasteiger partial charge in [-0.15, -0.1) is 0 Å². The minimum atomic E-state index is -5.12. The molecule has 0 radical (unpaired) electrons. The molecule has 38 heavy (non-hydrogen) atoms. The monoisotopic (exact) mass is 556 g/mol. The van der Waals surface area contributed by atoms with Crippen LogP contribution in [0.15, 0.2) is 36.4 Å². The molecule has 4 nitrogen and oxygen atoms in total. The molecule has 1 amide bonds. The molecule has 0 fully saturated rings. The summed E-state index contributed by atoms with van der Waals surface area (Å²) in [6, 6.07) is 2.97. The van der Waals surface area contributed by atoms with Gasteiger partial charge < -0.3 is 10.5 Å². The predicted octanol–water partition coefficient (Wildman–Crippen LogP) is 7.71. The van der Waals surface area contributed by atoms with Crippen LogP contribution in [0.2, 0.25) is 0 Å². The van der Waals surface area contributed by atoms with E-state index in [2.05, 4.69) is 0 Å². The predicted molar refractivity (Wildman–Crippen MR) is 121 cm³/mol. The molecule has 1 aliphatic rings. The van der Waals surface area contributed by atoms with Gasteiger partial charge in [-0.25, -0.2) is 4.79 Å². The summed E-state index contributed by atoms with van der Waals surface area (Å²) < 4.78 is 127. The normalized spacial score (nSPS) is 19.2. The summed E-state index contributed by atoms with van der Waals surface area (Å²) in [5.41, 5.74) is 1.22. The molecule has 0 saturated carbocycles. The van der Waals surface area contributed by atoms with Crippen LogP contribution >= 0.6 is 0 Å². The Labute approximate surface area is 212 Å². The highest BCUT2D eigenvalue weighted by atomic mass is 19.4. The van der Waals surface area contributed by atoms with Gasteiger partial charge in [-0.2, -0.15) is 39.5 Å². The van der Waals surface area contributed by atoms with E-state index in [1.165, 1.54) is 11.8 Å². The number of anilines is 1. The molecule has 0 aromatic heterocycles. The maximum Gasteiger partial charge on any atom is 0.416 e. The molecule has 0 unspecified atom stereocenters. The number of nitrogens with two attached hydrogens (primary N) is 1. The summed E-state index contributed by atoms with van der Waals surface area (Å²) in [5.74, 6) is -2.25. The lowest BCUT2D eigenvalue weighted by atomic mass is 9.73. The summed E-state index contributed by atoms with van der Waals surface area (Å²) in [5, 5.41) is 0. The topological polar surface area (TPSA) is 55.6 Å². The van der Waals surface area contributed by atoms with Crippen molar-refractivity contribution in [3.8, 4) is 0 Å². The number of fused-ring (bicyclic) bond motifs is 1. The molecular weight excluding hydrogens is 531 g/mol. The molecule has 13 heteroatoms. The van der Waals surface area contributed by atoms with Gasteiger partial charge in [0.15, 0.2) is 0 Å². The zero-order chi connectivity index (χ0) is 28.6. The van der Waals surface area contributed by atoms with E-state index in [1.807, 2.05) is 0 Å². The van der Waals surface area contributed by atoms with Crippen LogP contribution in [-0.2, 0) is 23.3 Å². The van der Waals surface area contributed by atoms with Crippen molar-refractivity contribution in [1.29, 1.82) is 0 Å². The molecule has 2 aromatic carbocycles. The SMILES string of the molecule is CCOC(=O)N1c2ccc(C(F)(F)F)cc2[C@H]([C@@H](CN)c2cc(C(F)(F)F)cc(C(F)(F)F)c2)C[C@H]1CC. The van der Waals surface area contributed by atoms with Gasteiger partial charge in [0.1, 0.15) is 0 Å². The smallest absolute Gasteiger partial charge is 0.416 e. The van der Waals surface area contributed by atoms with Crippen molar-refractivity contribution < 1.29 is 49.0 Å². The number of halogens is 9. The molecule has 2 N–H and O–H groups in total. The molecule has 0 aliphatic carbocycles. The van der Waals surface area contributed by atoms with Crippen molar-refractivity contribution in [1.82, 2.24) is 0 Å². The lowest BCUT2D eigenvalue weighted by molar-refractivity contribution is -0.143. The Hall–Kier alpha value is -2.96. The van der Waals surface area contributed by atoms with Gasteiger partial charge >= 0.3 is 24.6 Å². The van der Waals surface area contributed by atoms with Crippen LogP contribution < -0.4 is 10.6 Å². The summed E-state index contributed by atoms with van der Waals surface area (Å²) in [6.07, 6.45) is -15.6. The second-order valence-electron chi connectivity index (χ2n) is 8.93. The van der Waals surface area contributed by atoms with Gasteiger partial charge in [0.25, 0.3) is 0 Å². The number of carbonyl (C=O) groups excluding carboxylic acids is 1. The van der Waals surface area contributed by atoms with Crippen LogP contribution in [0.5, 0.6) is 0 Å². The van der Waals surface area contributed by atoms with E-state index in [0.717, 1.165) is 18.2 Å². The highest BCUT2D eigenvalue weighted by Gasteiger charge is 2.43. The first kappa shape index (κ1) is 29.6. The van der Waals surface area contributed by atoms with E-state index < -0.39 is 71.3 Å². The third-order valence-corrected chi connectivity index (χ3v) is 6.62. The Morgan fingerprint density at radius 3 is 1.92 bits per heavy atom. The molecule has 0 bridgehead atoms. The number of amides is 1. The second-order valence-corrected chi connectivity index (χ2v) is 8.93. The summed E-state index contributed by atoms with van der Waals surface area (Å²) in [4.78, 5) is 13.9. The summed E-state index contributed by atoms with van der Waals surface area (Å²) in [6.45, 7) is 2.73. The number of alkyl halides is 9. The van der Waals surface area contributed by atoms with Gasteiger partial charge in [0, 0.05) is 12.0 Å². The maximum atomic E-state index is 13.6. The van der Waals surface area contributed by atoms with Crippen molar-refractivity contribution >= 4 is 11.8 Å². The van der Waals surface area contributed by atoms with Crippen molar-refractivity contribution in [2.45, 2.75) is 63.1 Å². The Morgan fingerprint density at radius 1 is 0.921 bits per heavy atom. The fourth-order valence-corrected chi connectivity index (χ4v) is 4.87. The summed E-state index contributed by atoms with van der Waals surface area (Å²) >= 11 is 0. The molecule has 1 aliphatic heterocycles. The molecule has 3 rings (SSSR count). The van der Waals surface area contributed by atoms with Crippen LogP contribution in [0, 0.1) is 0 Å². The molecule has 1 heterocycles. The van der Waals surface area contributed by atoms with Crippen LogP contribution in [-0.4, -0.2) is 25.3 Å². The molecule has 0 saturated heterocycles. The average Bonchev–Trinajstić information content (AvgIpc) is 2.82. The zero-order valence-electron chi connectivity index (χ0n) is 20.3. The van der Waals surface area contributed by atoms with E-state index in [1.54, 1.807) is 6.92 Å². The van der Waals surface area contributed by atoms with Gasteiger partial charge in [-0.1, -0.05) is 6.92 Å². The van der Waals surface area contributed by atoms with E-state index in [4.69, 9.17) is 10.5 Å². The van der Waals surface area contributed by atoms with Crippen molar-refractivity contribution in [3.63, 3.8) is 0 Å². The Morgan fingerprint density at radius 2 is 1.47 bits per heavy atom. The maximum absolute atomic E-state index is 13.6. The number of benzene rings is 2. The number of nitrogens with zero attached hydrogens (tertiary/aromatic N) is 1. The Kier molecular flexibility index (Phi) is 8.30. The minimum Gasteiger partial charge on any atom is -0.449 e. The Balaban J connectivity index is 2.27. The largest absolute Gasteiger partial charge is 0.449 e. The van der Waals surface area contributed by atoms with Crippen molar-refractivity contribution in [3.05, 3.63) is 64.2 Å². The second kappa shape index (κ2) is 10.7. The van der Waals surface area contributed by atoms with E-state index in [0.29, 0.717) is 12.1 Å². The third kappa shape index (κ3) is 6.02. The van der Waals surface area contributed by atoms with Gasteiger partial charge in [0.2, 0.25) is 0 Å². The molecule has 0 spiro atoms. The highest BCUT2D eigenvalue weighted by molar-refractivity contribution is 5.90. The quantitative estimate of drug-likeness (QED) is 0.384. The van der Waals surface area contributed by atoms with E-state index in [9.17, 15) is 44.3 Å².